The van der Waals surface area contributed by atoms with Crippen LogP contribution in [0.15, 0.2) is 23.1 Å². The highest BCUT2D eigenvalue weighted by Crippen LogP contribution is 2.30. The zero-order valence-electron chi connectivity index (χ0n) is 12.5. The van der Waals surface area contributed by atoms with Gasteiger partial charge in [0.1, 0.15) is 16.4 Å². The van der Waals surface area contributed by atoms with Gasteiger partial charge in [-0.25, -0.2) is 8.42 Å². The molecule has 114 valence electrons. The third-order valence-electron chi connectivity index (χ3n) is 2.93. The van der Waals surface area contributed by atoms with Gasteiger partial charge in [0.15, 0.2) is 0 Å². The highest BCUT2D eigenvalue weighted by molar-refractivity contribution is 7.89. The number of hydrogen-bond acceptors (Lipinski definition) is 4. The summed E-state index contributed by atoms with van der Waals surface area (Å²) in [5, 5.41) is 0. The molecule has 6 heteroatoms. The van der Waals surface area contributed by atoms with Crippen LogP contribution in [0.3, 0.4) is 0 Å². The molecule has 0 atom stereocenters. The molecule has 0 aliphatic heterocycles. The highest BCUT2D eigenvalue weighted by Gasteiger charge is 2.27. The van der Waals surface area contributed by atoms with Crippen molar-refractivity contribution >= 4 is 10.0 Å². The van der Waals surface area contributed by atoms with Crippen LogP contribution in [0.1, 0.15) is 26.7 Å². The Morgan fingerprint density at radius 3 is 2.10 bits per heavy atom. The number of hydrogen-bond donors (Lipinski definition) is 0. The van der Waals surface area contributed by atoms with E-state index in [9.17, 15) is 8.42 Å². The molecule has 20 heavy (non-hydrogen) atoms. The molecule has 0 heterocycles. The van der Waals surface area contributed by atoms with Gasteiger partial charge in [-0.05, 0) is 25.0 Å². The zero-order chi connectivity index (χ0) is 15.2. The molecular weight excluding hydrogens is 278 g/mol. The summed E-state index contributed by atoms with van der Waals surface area (Å²) in [4.78, 5) is 0.154. The van der Waals surface area contributed by atoms with Crippen LogP contribution in [0.2, 0.25) is 0 Å². The third-order valence-corrected chi connectivity index (χ3v) is 4.85. The molecule has 0 unspecified atom stereocenters. The second-order valence-corrected chi connectivity index (χ2v) is 6.33. The lowest BCUT2D eigenvalue weighted by molar-refractivity contribution is 0.381. The molecular formula is C14H23NO4S. The summed E-state index contributed by atoms with van der Waals surface area (Å²) in [7, 11) is -0.601. The molecule has 0 aliphatic carbocycles. The summed E-state index contributed by atoms with van der Waals surface area (Å²) < 4.78 is 37.3. The quantitative estimate of drug-likeness (QED) is 0.740. The Labute approximate surface area is 121 Å². The first kappa shape index (κ1) is 16.8. The lowest BCUT2D eigenvalue weighted by Crippen LogP contribution is -2.32. The molecule has 1 rings (SSSR count). The summed E-state index contributed by atoms with van der Waals surface area (Å²) in [6.07, 6.45) is 1.54. The van der Waals surface area contributed by atoms with Crippen molar-refractivity contribution < 1.29 is 17.9 Å². The van der Waals surface area contributed by atoms with Crippen molar-refractivity contribution in [1.82, 2.24) is 4.31 Å². The molecule has 0 saturated heterocycles. The first-order valence-electron chi connectivity index (χ1n) is 6.73. The lowest BCUT2D eigenvalue weighted by atomic mass is 10.3. The van der Waals surface area contributed by atoms with Gasteiger partial charge in [-0.3, -0.25) is 0 Å². The van der Waals surface area contributed by atoms with E-state index in [-0.39, 0.29) is 4.90 Å². The van der Waals surface area contributed by atoms with Crippen molar-refractivity contribution in [2.75, 3.05) is 27.3 Å². The van der Waals surface area contributed by atoms with Crippen LogP contribution in [-0.4, -0.2) is 40.0 Å². The summed E-state index contributed by atoms with van der Waals surface area (Å²) in [6, 6.07) is 4.80. The molecule has 0 aliphatic rings. The van der Waals surface area contributed by atoms with Crippen molar-refractivity contribution in [2.24, 2.45) is 0 Å². The SMILES string of the molecule is CCCN(CCC)S(=O)(=O)c1cc(OC)ccc1OC. The van der Waals surface area contributed by atoms with E-state index in [2.05, 4.69) is 0 Å². The molecule has 0 aromatic heterocycles. The Morgan fingerprint density at radius 2 is 1.65 bits per heavy atom. The van der Waals surface area contributed by atoms with Crippen LogP contribution in [-0.2, 0) is 10.0 Å². The van der Waals surface area contributed by atoms with Gasteiger partial charge < -0.3 is 9.47 Å². The lowest BCUT2D eigenvalue weighted by Gasteiger charge is -2.22. The smallest absolute Gasteiger partial charge is 0.246 e. The van der Waals surface area contributed by atoms with Gasteiger partial charge in [0.2, 0.25) is 10.0 Å². The minimum absolute atomic E-state index is 0.154. The average Bonchev–Trinajstić information content (AvgIpc) is 2.46. The largest absolute Gasteiger partial charge is 0.497 e. The van der Waals surface area contributed by atoms with E-state index in [1.165, 1.54) is 24.6 Å². The van der Waals surface area contributed by atoms with E-state index in [0.29, 0.717) is 24.6 Å². The Hall–Kier alpha value is -1.27. The minimum atomic E-state index is -3.57. The molecule has 1 aromatic carbocycles. The predicted octanol–water partition coefficient (Wildman–Crippen LogP) is 2.51. The van der Waals surface area contributed by atoms with Crippen LogP contribution < -0.4 is 9.47 Å². The number of nitrogens with zero attached hydrogens (tertiary/aromatic N) is 1. The van der Waals surface area contributed by atoms with Gasteiger partial charge in [0.05, 0.1) is 14.2 Å². The van der Waals surface area contributed by atoms with Crippen molar-refractivity contribution in [3.8, 4) is 11.5 Å². The number of sulfonamides is 1. The molecule has 0 bridgehead atoms. The van der Waals surface area contributed by atoms with Gasteiger partial charge >= 0.3 is 0 Å². The standard InChI is InChI=1S/C14H23NO4S/c1-5-9-15(10-6-2)20(16,17)14-11-12(18-3)7-8-13(14)19-4/h7-8,11H,5-6,9-10H2,1-4H3. The number of benzene rings is 1. The molecule has 0 radical (unpaired) electrons. The molecule has 0 spiro atoms. The van der Waals surface area contributed by atoms with E-state index in [0.717, 1.165) is 12.8 Å². The van der Waals surface area contributed by atoms with Crippen molar-refractivity contribution in [3.63, 3.8) is 0 Å². The summed E-state index contributed by atoms with van der Waals surface area (Å²) >= 11 is 0. The van der Waals surface area contributed by atoms with Crippen LogP contribution in [0.4, 0.5) is 0 Å². The van der Waals surface area contributed by atoms with Gasteiger partial charge in [0, 0.05) is 19.2 Å². The van der Waals surface area contributed by atoms with Crippen LogP contribution >= 0.6 is 0 Å². The third kappa shape index (κ3) is 3.64. The maximum atomic E-state index is 12.8. The summed E-state index contributed by atoms with van der Waals surface area (Å²) in [5.41, 5.74) is 0. The fourth-order valence-electron chi connectivity index (χ4n) is 1.98. The molecule has 1 aromatic rings. The van der Waals surface area contributed by atoms with Crippen molar-refractivity contribution in [1.29, 1.82) is 0 Å². The van der Waals surface area contributed by atoms with Crippen molar-refractivity contribution in [3.05, 3.63) is 18.2 Å². The first-order chi connectivity index (χ1) is 9.51. The predicted molar refractivity (Wildman–Crippen MR) is 78.9 cm³/mol. The fourth-order valence-corrected chi connectivity index (χ4v) is 3.77. The van der Waals surface area contributed by atoms with Gasteiger partial charge in [-0.15, -0.1) is 0 Å². The Morgan fingerprint density at radius 1 is 1.05 bits per heavy atom. The van der Waals surface area contributed by atoms with E-state index in [4.69, 9.17) is 9.47 Å². The average molecular weight is 301 g/mol. The maximum Gasteiger partial charge on any atom is 0.246 e. The fraction of sp³-hybridized carbons (Fsp3) is 0.571. The molecule has 0 saturated carbocycles. The maximum absolute atomic E-state index is 12.8. The monoisotopic (exact) mass is 301 g/mol. The minimum Gasteiger partial charge on any atom is -0.497 e. The molecule has 0 fully saturated rings. The van der Waals surface area contributed by atoms with Crippen molar-refractivity contribution in [2.45, 2.75) is 31.6 Å². The van der Waals surface area contributed by atoms with E-state index >= 15 is 0 Å². The van der Waals surface area contributed by atoms with Gasteiger partial charge in [0.25, 0.3) is 0 Å². The second kappa shape index (κ2) is 7.50. The van der Waals surface area contributed by atoms with Gasteiger partial charge in [-0.1, -0.05) is 13.8 Å². The first-order valence-corrected chi connectivity index (χ1v) is 8.17. The van der Waals surface area contributed by atoms with Crippen LogP contribution in [0.25, 0.3) is 0 Å². The highest BCUT2D eigenvalue weighted by atomic mass is 32.2. The summed E-state index contributed by atoms with van der Waals surface area (Å²) in [5.74, 6) is 0.834. The second-order valence-electron chi connectivity index (χ2n) is 4.42. The topological polar surface area (TPSA) is 55.8 Å². The molecule has 5 nitrogen and oxygen atoms in total. The van der Waals surface area contributed by atoms with E-state index < -0.39 is 10.0 Å². The van der Waals surface area contributed by atoms with Crippen LogP contribution in [0.5, 0.6) is 11.5 Å². The Kier molecular flexibility index (Phi) is 6.29. The number of ether oxygens (including phenoxy) is 2. The number of methoxy groups -OCH3 is 2. The Bertz CT molecular complexity index is 522. The summed E-state index contributed by atoms with van der Waals surface area (Å²) in [6.45, 7) is 4.91. The van der Waals surface area contributed by atoms with E-state index in [1.807, 2.05) is 13.8 Å². The number of rotatable bonds is 8. The molecule has 0 N–H and O–H groups in total. The Balaban J connectivity index is 3.30. The normalized spacial score (nSPS) is 11.7. The molecule has 0 amide bonds. The zero-order valence-corrected chi connectivity index (χ0v) is 13.4. The van der Waals surface area contributed by atoms with E-state index in [1.54, 1.807) is 12.1 Å². The van der Waals surface area contributed by atoms with Crippen LogP contribution in [0, 0.1) is 0 Å². The van der Waals surface area contributed by atoms with Gasteiger partial charge in [-0.2, -0.15) is 4.31 Å².